The molecule has 1 heterocycles. The zero-order valence-corrected chi connectivity index (χ0v) is 13.0. The first-order valence-corrected chi connectivity index (χ1v) is 8.73. The molecule has 2 heteroatoms. The Morgan fingerprint density at radius 1 is 1.16 bits per heavy atom. The van der Waals surface area contributed by atoms with Gasteiger partial charge in [0.05, 0.1) is 0 Å². The predicted octanol–water partition coefficient (Wildman–Crippen LogP) is 3.42. The Kier molecular flexibility index (Phi) is 4.19. The summed E-state index contributed by atoms with van der Waals surface area (Å²) in [5.41, 5.74) is 0.487. The number of nitrogens with one attached hydrogen (secondary N) is 1. The molecule has 2 saturated carbocycles. The highest BCUT2D eigenvalue weighted by Gasteiger charge is 2.42. The molecule has 2 aliphatic carbocycles. The van der Waals surface area contributed by atoms with Gasteiger partial charge in [-0.15, -0.1) is 0 Å². The Bertz CT molecular complexity index is 290. The summed E-state index contributed by atoms with van der Waals surface area (Å²) in [6.07, 6.45) is 11.5. The number of rotatable bonds is 2. The molecule has 110 valence electrons. The SMILES string of the molecule is CCC1CCC(N2CCNC3(CCCCC3)C2)C1C. The fraction of sp³-hybridized carbons (Fsp3) is 1.00. The van der Waals surface area contributed by atoms with Crippen molar-refractivity contribution in [2.45, 2.75) is 76.8 Å². The smallest absolute Gasteiger partial charge is 0.0309 e. The van der Waals surface area contributed by atoms with E-state index in [1.54, 1.807) is 0 Å². The third kappa shape index (κ3) is 2.71. The van der Waals surface area contributed by atoms with Crippen LogP contribution in [0.3, 0.4) is 0 Å². The summed E-state index contributed by atoms with van der Waals surface area (Å²) in [5, 5.41) is 3.89. The van der Waals surface area contributed by atoms with Crippen molar-refractivity contribution in [3.05, 3.63) is 0 Å². The molecule has 1 saturated heterocycles. The number of piperazine rings is 1. The molecule has 0 amide bonds. The summed E-state index contributed by atoms with van der Waals surface area (Å²) in [5.74, 6) is 1.91. The van der Waals surface area contributed by atoms with Crippen LogP contribution in [-0.2, 0) is 0 Å². The van der Waals surface area contributed by atoms with Crippen LogP contribution in [0.4, 0.5) is 0 Å². The van der Waals surface area contributed by atoms with Gasteiger partial charge in [-0.2, -0.15) is 0 Å². The fourth-order valence-corrected chi connectivity index (χ4v) is 5.15. The molecule has 3 rings (SSSR count). The minimum absolute atomic E-state index is 0.487. The zero-order valence-electron chi connectivity index (χ0n) is 13.0. The summed E-state index contributed by atoms with van der Waals surface area (Å²) in [6.45, 7) is 8.73. The lowest BCUT2D eigenvalue weighted by Crippen LogP contribution is -2.63. The van der Waals surface area contributed by atoms with E-state index in [0.717, 1.165) is 17.9 Å². The molecule has 19 heavy (non-hydrogen) atoms. The second-order valence-electron chi connectivity index (χ2n) is 7.41. The minimum Gasteiger partial charge on any atom is -0.309 e. The molecule has 0 bridgehead atoms. The van der Waals surface area contributed by atoms with Crippen molar-refractivity contribution in [2.75, 3.05) is 19.6 Å². The van der Waals surface area contributed by atoms with Crippen LogP contribution < -0.4 is 5.32 Å². The Labute approximate surface area is 119 Å². The largest absolute Gasteiger partial charge is 0.309 e. The average molecular weight is 264 g/mol. The van der Waals surface area contributed by atoms with Gasteiger partial charge in [0.1, 0.15) is 0 Å². The third-order valence-electron chi connectivity index (χ3n) is 6.39. The van der Waals surface area contributed by atoms with Crippen LogP contribution in [0.15, 0.2) is 0 Å². The Hall–Kier alpha value is -0.0800. The van der Waals surface area contributed by atoms with E-state index in [1.165, 1.54) is 71.0 Å². The van der Waals surface area contributed by atoms with E-state index in [9.17, 15) is 0 Å². The van der Waals surface area contributed by atoms with Gasteiger partial charge in [-0.1, -0.05) is 39.5 Å². The monoisotopic (exact) mass is 264 g/mol. The zero-order chi connectivity index (χ0) is 13.3. The molecule has 0 aromatic carbocycles. The van der Waals surface area contributed by atoms with Gasteiger partial charge in [0.25, 0.3) is 0 Å². The lowest BCUT2D eigenvalue weighted by molar-refractivity contribution is 0.0527. The highest BCUT2D eigenvalue weighted by Crippen LogP contribution is 2.39. The molecule has 3 unspecified atom stereocenters. The molecule has 3 fully saturated rings. The first kappa shape index (κ1) is 13.9. The first-order valence-electron chi connectivity index (χ1n) is 8.73. The van der Waals surface area contributed by atoms with Crippen LogP contribution in [0, 0.1) is 11.8 Å². The van der Waals surface area contributed by atoms with Gasteiger partial charge in [0.2, 0.25) is 0 Å². The quantitative estimate of drug-likeness (QED) is 0.822. The topological polar surface area (TPSA) is 15.3 Å². The van der Waals surface area contributed by atoms with Gasteiger partial charge in [-0.25, -0.2) is 0 Å². The van der Waals surface area contributed by atoms with E-state index >= 15 is 0 Å². The van der Waals surface area contributed by atoms with Crippen LogP contribution in [0.25, 0.3) is 0 Å². The molecular formula is C17H32N2. The fourth-order valence-electron chi connectivity index (χ4n) is 5.15. The second-order valence-corrected chi connectivity index (χ2v) is 7.41. The Balaban J connectivity index is 1.65. The predicted molar refractivity (Wildman–Crippen MR) is 81.4 cm³/mol. The molecular weight excluding hydrogens is 232 g/mol. The van der Waals surface area contributed by atoms with Crippen molar-refractivity contribution < 1.29 is 0 Å². The van der Waals surface area contributed by atoms with E-state index in [1.807, 2.05) is 0 Å². The molecule has 0 radical (unpaired) electrons. The second kappa shape index (κ2) is 5.73. The molecule has 0 aromatic heterocycles. The van der Waals surface area contributed by atoms with E-state index in [-0.39, 0.29) is 0 Å². The maximum absolute atomic E-state index is 3.89. The van der Waals surface area contributed by atoms with Crippen LogP contribution in [0.5, 0.6) is 0 Å². The standard InChI is InChI=1S/C17H32N2/c1-3-15-7-8-16(14(15)2)19-12-11-18-17(13-19)9-5-4-6-10-17/h14-16,18H,3-13H2,1-2H3. The van der Waals surface area contributed by atoms with Crippen LogP contribution in [0.2, 0.25) is 0 Å². The van der Waals surface area contributed by atoms with E-state index in [2.05, 4.69) is 24.1 Å². The van der Waals surface area contributed by atoms with E-state index in [0.29, 0.717) is 5.54 Å². The van der Waals surface area contributed by atoms with Crippen molar-refractivity contribution in [3.63, 3.8) is 0 Å². The summed E-state index contributed by atoms with van der Waals surface area (Å²) < 4.78 is 0. The third-order valence-corrected chi connectivity index (χ3v) is 6.39. The molecule has 2 nitrogen and oxygen atoms in total. The molecule has 1 aliphatic heterocycles. The average Bonchev–Trinajstić information content (AvgIpc) is 2.81. The number of hydrogen-bond donors (Lipinski definition) is 1. The molecule has 3 aliphatic rings. The van der Waals surface area contributed by atoms with Gasteiger partial charge >= 0.3 is 0 Å². The highest BCUT2D eigenvalue weighted by atomic mass is 15.2. The lowest BCUT2D eigenvalue weighted by atomic mass is 9.79. The highest BCUT2D eigenvalue weighted by molar-refractivity contribution is 5.00. The summed E-state index contributed by atoms with van der Waals surface area (Å²) in [6, 6.07) is 0.880. The minimum atomic E-state index is 0.487. The van der Waals surface area contributed by atoms with Crippen molar-refractivity contribution in [1.29, 1.82) is 0 Å². The summed E-state index contributed by atoms with van der Waals surface area (Å²) in [4.78, 5) is 2.86. The molecule has 1 N–H and O–H groups in total. The van der Waals surface area contributed by atoms with Crippen molar-refractivity contribution in [1.82, 2.24) is 10.2 Å². The van der Waals surface area contributed by atoms with Crippen molar-refractivity contribution >= 4 is 0 Å². The normalized spacial score (nSPS) is 39.8. The first-order chi connectivity index (χ1) is 9.24. The molecule has 1 spiro atoms. The summed E-state index contributed by atoms with van der Waals surface area (Å²) >= 11 is 0. The van der Waals surface area contributed by atoms with Crippen molar-refractivity contribution in [2.24, 2.45) is 11.8 Å². The van der Waals surface area contributed by atoms with Gasteiger partial charge in [-0.3, -0.25) is 4.90 Å². The Morgan fingerprint density at radius 2 is 1.95 bits per heavy atom. The van der Waals surface area contributed by atoms with Crippen molar-refractivity contribution in [3.8, 4) is 0 Å². The van der Waals surface area contributed by atoms with Gasteiger partial charge in [-0.05, 0) is 37.5 Å². The number of hydrogen-bond acceptors (Lipinski definition) is 2. The maximum Gasteiger partial charge on any atom is 0.0309 e. The van der Waals surface area contributed by atoms with Crippen LogP contribution in [-0.4, -0.2) is 36.1 Å². The van der Waals surface area contributed by atoms with Gasteiger partial charge in [0, 0.05) is 31.2 Å². The molecule has 3 atom stereocenters. The summed E-state index contributed by atoms with van der Waals surface area (Å²) in [7, 11) is 0. The number of nitrogens with zero attached hydrogens (tertiary/aromatic N) is 1. The van der Waals surface area contributed by atoms with Crippen LogP contribution in [0.1, 0.15) is 65.2 Å². The van der Waals surface area contributed by atoms with E-state index in [4.69, 9.17) is 0 Å². The lowest BCUT2D eigenvalue weighted by Gasteiger charge is -2.49. The van der Waals surface area contributed by atoms with Gasteiger partial charge in [0.15, 0.2) is 0 Å². The van der Waals surface area contributed by atoms with Crippen LogP contribution >= 0.6 is 0 Å². The maximum atomic E-state index is 3.89. The van der Waals surface area contributed by atoms with Gasteiger partial charge < -0.3 is 5.32 Å². The van der Waals surface area contributed by atoms with E-state index < -0.39 is 0 Å². The Morgan fingerprint density at radius 3 is 2.63 bits per heavy atom. The molecule has 0 aromatic rings.